The number of amides is 1. The van der Waals surface area contributed by atoms with Gasteiger partial charge in [-0.15, -0.1) is 0 Å². The Morgan fingerprint density at radius 3 is 2.89 bits per heavy atom. The molecular formula is C14H15NO3. The summed E-state index contributed by atoms with van der Waals surface area (Å²) in [6, 6.07) is 9.93. The van der Waals surface area contributed by atoms with Gasteiger partial charge in [-0.05, 0) is 37.3 Å². The summed E-state index contributed by atoms with van der Waals surface area (Å²) < 4.78 is 5.22. The minimum atomic E-state index is -0.204. The third kappa shape index (κ3) is 3.13. The van der Waals surface area contributed by atoms with Crippen molar-refractivity contribution < 1.29 is 14.3 Å². The Morgan fingerprint density at radius 1 is 1.39 bits per heavy atom. The van der Waals surface area contributed by atoms with Crippen LogP contribution in [0.2, 0.25) is 0 Å². The van der Waals surface area contributed by atoms with Gasteiger partial charge in [0.25, 0.3) is 5.91 Å². The molecule has 1 atom stereocenters. The second kappa shape index (κ2) is 5.40. The van der Waals surface area contributed by atoms with E-state index >= 15 is 0 Å². The molecule has 4 heteroatoms. The van der Waals surface area contributed by atoms with Gasteiger partial charge in [-0.25, -0.2) is 0 Å². The number of benzene rings is 1. The fourth-order valence-electron chi connectivity index (χ4n) is 1.74. The molecule has 4 nitrogen and oxygen atoms in total. The molecule has 0 aliphatic heterocycles. The summed E-state index contributed by atoms with van der Waals surface area (Å²) in [7, 11) is 0. The smallest absolute Gasteiger partial charge is 0.251 e. The van der Waals surface area contributed by atoms with Crippen LogP contribution in [0.15, 0.2) is 47.1 Å². The topological polar surface area (TPSA) is 62.5 Å². The van der Waals surface area contributed by atoms with Gasteiger partial charge >= 0.3 is 0 Å². The zero-order valence-electron chi connectivity index (χ0n) is 10.1. The minimum absolute atomic E-state index is 0.0361. The van der Waals surface area contributed by atoms with E-state index in [2.05, 4.69) is 5.32 Å². The molecule has 0 saturated heterocycles. The molecule has 1 unspecified atom stereocenters. The lowest BCUT2D eigenvalue weighted by molar-refractivity contribution is 0.0939. The standard InChI is InChI=1S/C14H15NO3/c1-10(8-13-6-3-7-18-13)15-14(17)11-4-2-5-12(16)9-11/h2-7,9-10,16H,8H2,1H3,(H,15,17). The van der Waals surface area contributed by atoms with Crippen LogP contribution in [0.4, 0.5) is 0 Å². The molecule has 0 spiro atoms. The molecule has 0 aliphatic rings. The highest BCUT2D eigenvalue weighted by molar-refractivity contribution is 5.94. The minimum Gasteiger partial charge on any atom is -0.508 e. The number of carbonyl (C=O) groups is 1. The molecule has 0 fully saturated rings. The summed E-state index contributed by atoms with van der Waals surface area (Å²) in [4.78, 5) is 11.9. The van der Waals surface area contributed by atoms with Crippen LogP contribution in [0.25, 0.3) is 0 Å². The number of nitrogens with one attached hydrogen (secondary N) is 1. The second-order valence-corrected chi connectivity index (χ2v) is 4.21. The SMILES string of the molecule is CC(Cc1ccco1)NC(=O)c1cccc(O)c1. The van der Waals surface area contributed by atoms with E-state index in [9.17, 15) is 9.90 Å². The fourth-order valence-corrected chi connectivity index (χ4v) is 1.74. The number of rotatable bonds is 4. The van der Waals surface area contributed by atoms with E-state index in [4.69, 9.17) is 4.42 Å². The van der Waals surface area contributed by atoms with Crippen molar-refractivity contribution in [1.82, 2.24) is 5.32 Å². The number of hydrogen-bond acceptors (Lipinski definition) is 3. The van der Waals surface area contributed by atoms with Crippen LogP contribution >= 0.6 is 0 Å². The number of carbonyl (C=O) groups excluding carboxylic acids is 1. The van der Waals surface area contributed by atoms with Crippen molar-refractivity contribution in [1.29, 1.82) is 0 Å². The van der Waals surface area contributed by atoms with Gasteiger partial charge in [0.2, 0.25) is 0 Å². The summed E-state index contributed by atoms with van der Waals surface area (Å²) in [5.41, 5.74) is 0.446. The molecule has 0 bridgehead atoms. The third-order valence-corrected chi connectivity index (χ3v) is 2.57. The fraction of sp³-hybridized carbons (Fsp3) is 0.214. The summed E-state index contributed by atoms with van der Waals surface area (Å²) in [5.74, 6) is 0.713. The first-order valence-corrected chi connectivity index (χ1v) is 5.77. The van der Waals surface area contributed by atoms with Crippen molar-refractivity contribution in [2.24, 2.45) is 0 Å². The zero-order chi connectivity index (χ0) is 13.0. The Hall–Kier alpha value is -2.23. The summed E-state index contributed by atoms with van der Waals surface area (Å²) in [6.07, 6.45) is 2.25. The van der Waals surface area contributed by atoms with E-state index in [0.717, 1.165) is 5.76 Å². The van der Waals surface area contributed by atoms with Crippen LogP contribution in [0.5, 0.6) is 5.75 Å². The molecule has 2 N–H and O–H groups in total. The van der Waals surface area contributed by atoms with Crippen LogP contribution < -0.4 is 5.32 Å². The highest BCUT2D eigenvalue weighted by Gasteiger charge is 2.11. The molecule has 2 rings (SSSR count). The zero-order valence-corrected chi connectivity index (χ0v) is 10.1. The molecule has 0 saturated carbocycles. The Bertz CT molecular complexity index is 520. The van der Waals surface area contributed by atoms with Crippen molar-refractivity contribution in [2.45, 2.75) is 19.4 Å². The molecule has 1 aromatic heterocycles. The van der Waals surface area contributed by atoms with Crippen molar-refractivity contribution in [3.8, 4) is 5.75 Å². The van der Waals surface area contributed by atoms with E-state index in [1.807, 2.05) is 19.1 Å². The average molecular weight is 245 g/mol. The molecule has 0 radical (unpaired) electrons. The average Bonchev–Trinajstić information content (AvgIpc) is 2.81. The molecule has 94 valence electrons. The monoisotopic (exact) mass is 245 g/mol. The van der Waals surface area contributed by atoms with Crippen molar-refractivity contribution in [3.05, 3.63) is 54.0 Å². The number of phenols is 1. The van der Waals surface area contributed by atoms with E-state index in [1.165, 1.54) is 12.1 Å². The lowest BCUT2D eigenvalue weighted by atomic mass is 10.1. The molecule has 2 aromatic rings. The first-order chi connectivity index (χ1) is 8.65. The van der Waals surface area contributed by atoms with Crippen LogP contribution in [0.3, 0.4) is 0 Å². The van der Waals surface area contributed by atoms with E-state index < -0.39 is 0 Å². The molecule has 18 heavy (non-hydrogen) atoms. The maximum atomic E-state index is 11.9. The Kier molecular flexibility index (Phi) is 3.67. The number of furan rings is 1. The van der Waals surface area contributed by atoms with Gasteiger partial charge in [0.15, 0.2) is 0 Å². The van der Waals surface area contributed by atoms with Crippen LogP contribution in [-0.2, 0) is 6.42 Å². The van der Waals surface area contributed by atoms with Gasteiger partial charge in [-0.2, -0.15) is 0 Å². The normalized spacial score (nSPS) is 12.1. The Morgan fingerprint density at radius 2 is 2.22 bits per heavy atom. The van der Waals surface area contributed by atoms with Crippen LogP contribution in [0, 0.1) is 0 Å². The summed E-state index contributed by atoms with van der Waals surface area (Å²) in [5, 5.41) is 12.2. The molecule has 1 aromatic carbocycles. The number of hydrogen-bond donors (Lipinski definition) is 2. The van der Waals surface area contributed by atoms with Crippen LogP contribution in [0.1, 0.15) is 23.0 Å². The Labute approximate surface area is 105 Å². The molecule has 0 aliphatic carbocycles. The van der Waals surface area contributed by atoms with Gasteiger partial charge in [0, 0.05) is 18.0 Å². The maximum Gasteiger partial charge on any atom is 0.251 e. The predicted molar refractivity (Wildman–Crippen MR) is 67.4 cm³/mol. The molecule has 1 amide bonds. The van der Waals surface area contributed by atoms with Crippen molar-refractivity contribution >= 4 is 5.91 Å². The second-order valence-electron chi connectivity index (χ2n) is 4.21. The van der Waals surface area contributed by atoms with Gasteiger partial charge in [-0.1, -0.05) is 6.07 Å². The van der Waals surface area contributed by atoms with Gasteiger partial charge in [0.1, 0.15) is 11.5 Å². The first-order valence-electron chi connectivity index (χ1n) is 5.77. The predicted octanol–water partition coefficient (Wildman–Crippen LogP) is 2.35. The summed E-state index contributed by atoms with van der Waals surface area (Å²) in [6.45, 7) is 1.91. The van der Waals surface area contributed by atoms with Gasteiger partial charge in [-0.3, -0.25) is 4.79 Å². The summed E-state index contributed by atoms with van der Waals surface area (Å²) >= 11 is 0. The quantitative estimate of drug-likeness (QED) is 0.869. The van der Waals surface area contributed by atoms with Crippen molar-refractivity contribution in [3.63, 3.8) is 0 Å². The third-order valence-electron chi connectivity index (χ3n) is 2.57. The maximum absolute atomic E-state index is 11.9. The van der Waals surface area contributed by atoms with E-state index in [-0.39, 0.29) is 17.7 Å². The Balaban J connectivity index is 1.95. The lowest BCUT2D eigenvalue weighted by Crippen LogP contribution is -2.33. The highest BCUT2D eigenvalue weighted by Crippen LogP contribution is 2.11. The highest BCUT2D eigenvalue weighted by atomic mass is 16.3. The van der Waals surface area contributed by atoms with E-state index in [0.29, 0.717) is 12.0 Å². The number of aromatic hydroxyl groups is 1. The lowest BCUT2D eigenvalue weighted by Gasteiger charge is -2.12. The van der Waals surface area contributed by atoms with Gasteiger partial charge in [0.05, 0.1) is 6.26 Å². The number of phenolic OH excluding ortho intramolecular Hbond substituents is 1. The van der Waals surface area contributed by atoms with E-state index in [1.54, 1.807) is 18.4 Å². The molecule has 1 heterocycles. The molecular weight excluding hydrogens is 230 g/mol. The van der Waals surface area contributed by atoms with Gasteiger partial charge < -0.3 is 14.8 Å². The first kappa shape index (κ1) is 12.2. The van der Waals surface area contributed by atoms with Crippen molar-refractivity contribution in [2.75, 3.05) is 0 Å². The largest absolute Gasteiger partial charge is 0.508 e. The van der Waals surface area contributed by atoms with Crippen LogP contribution in [-0.4, -0.2) is 17.1 Å².